The number of amides is 2. The van der Waals surface area contributed by atoms with Crippen LogP contribution in [0.25, 0.3) is 11.1 Å². The molecule has 9 nitrogen and oxygen atoms in total. The third-order valence-corrected chi connectivity index (χ3v) is 5.38. The second-order valence-electron chi connectivity index (χ2n) is 7.82. The number of aromatic nitrogens is 1. The molecule has 9 heteroatoms. The number of fused-ring (bicyclic) bond motifs is 1. The molecular formula is C27H27N3O6. The summed E-state index contributed by atoms with van der Waals surface area (Å²) < 4.78 is 18.1. The molecule has 0 saturated carbocycles. The van der Waals surface area contributed by atoms with Crippen LogP contribution in [0.5, 0.6) is 11.5 Å². The summed E-state index contributed by atoms with van der Waals surface area (Å²) in [5.74, 6) is -0.373. The first-order valence-corrected chi connectivity index (χ1v) is 11.7. The van der Waals surface area contributed by atoms with Crippen LogP contribution in [0.3, 0.4) is 0 Å². The zero-order valence-electron chi connectivity index (χ0n) is 20.1. The summed E-state index contributed by atoms with van der Waals surface area (Å²) in [6.07, 6.45) is 0.0332. The number of nitrogens with one attached hydrogen (secondary N) is 2. The highest BCUT2D eigenvalue weighted by atomic mass is 16.5. The SMILES string of the molecule is CCOc1cc(NC(=O)c2ccccc2)c(OCC)cc1NC(=O)CCn1c(=O)oc2ccccc21. The number of benzene rings is 3. The Hall–Kier alpha value is -4.53. The first kappa shape index (κ1) is 24.6. The second-order valence-corrected chi connectivity index (χ2v) is 7.82. The van der Waals surface area contributed by atoms with E-state index in [1.165, 1.54) is 4.57 Å². The third kappa shape index (κ3) is 5.57. The average molecular weight is 490 g/mol. The molecular weight excluding hydrogens is 462 g/mol. The number of anilines is 2. The van der Waals surface area contributed by atoms with E-state index in [1.54, 1.807) is 60.7 Å². The Bertz CT molecular complexity index is 1420. The second kappa shape index (κ2) is 11.3. The number of ether oxygens (including phenoxy) is 2. The highest BCUT2D eigenvalue weighted by molar-refractivity contribution is 6.05. The zero-order chi connectivity index (χ0) is 25.5. The molecule has 0 radical (unpaired) electrons. The molecule has 0 atom stereocenters. The number of hydrogen-bond donors (Lipinski definition) is 2. The number of oxazole rings is 1. The number of hydrogen-bond acceptors (Lipinski definition) is 6. The molecule has 3 aromatic carbocycles. The minimum absolute atomic E-state index is 0.0332. The lowest BCUT2D eigenvalue weighted by molar-refractivity contribution is -0.116. The van der Waals surface area contributed by atoms with Crippen molar-refractivity contribution in [1.29, 1.82) is 0 Å². The number of rotatable bonds is 10. The molecule has 2 N–H and O–H groups in total. The first-order chi connectivity index (χ1) is 17.5. The molecule has 4 aromatic rings. The van der Waals surface area contributed by atoms with Gasteiger partial charge in [-0.15, -0.1) is 0 Å². The van der Waals surface area contributed by atoms with Crippen molar-refractivity contribution in [3.05, 3.63) is 82.8 Å². The minimum Gasteiger partial charge on any atom is -0.492 e. The van der Waals surface area contributed by atoms with Crippen molar-refractivity contribution in [2.45, 2.75) is 26.8 Å². The van der Waals surface area contributed by atoms with Crippen LogP contribution in [-0.4, -0.2) is 29.6 Å². The van der Waals surface area contributed by atoms with Crippen LogP contribution < -0.4 is 25.9 Å². The number of carbonyl (C=O) groups is 2. The van der Waals surface area contributed by atoms with Gasteiger partial charge in [0.2, 0.25) is 5.91 Å². The van der Waals surface area contributed by atoms with E-state index < -0.39 is 5.76 Å². The van der Waals surface area contributed by atoms with Gasteiger partial charge in [0.05, 0.1) is 30.1 Å². The van der Waals surface area contributed by atoms with Crippen LogP contribution in [0.4, 0.5) is 11.4 Å². The minimum atomic E-state index is -0.517. The lowest BCUT2D eigenvalue weighted by atomic mass is 10.2. The van der Waals surface area contributed by atoms with E-state index in [1.807, 2.05) is 19.9 Å². The van der Waals surface area contributed by atoms with Crippen molar-refractivity contribution in [2.24, 2.45) is 0 Å². The van der Waals surface area contributed by atoms with E-state index in [-0.39, 0.29) is 24.8 Å². The normalized spacial score (nSPS) is 10.7. The van der Waals surface area contributed by atoms with E-state index in [0.717, 1.165) is 0 Å². The van der Waals surface area contributed by atoms with Crippen molar-refractivity contribution < 1.29 is 23.5 Å². The molecule has 2 amide bonds. The van der Waals surface area contributed by atoms with Crippen LogP contribution in [0.2, 0.25) is 0 Å². The van der Waals surface area contributed by atoms with Gasteiger partial charge < -0.3 is 24.5 Å². The molecule has 0 aliphatic heterocycles. The zero-order valence-corrected chi connectivity index (χ0v) is 20.1. The summed E-state index contributed by atoms with van der Waals surface area (Å²) in [6.45, 7) is 4.49. The maximum absolute atomic E-state index is 12.8. The summed E-state index contributed by atoms with van der Waals surface area (Å²) in [6, 6.07) is 19.1. The van der Waals surface area contributed by atoms with Crippen molar-refractivity contribution in [1.82, 2.24) is 4.57 Å². The first-order valence-electron chi connectivity index (χ1n) is 11.7. The maximum Gasteiger partial charge on any atom is 0.419 e. The molecule has 0 bridgehead atoms. The lowest BCUT2D eigenvalue weighted by Crippen LogP contribution is -2.20. The van der Waals surface area contributed by atoms with Crippen LogP contribution >= 0.6 is 0 Å². The lowest BCUT2D eigenvalue weighted by Gasteiger charge is -2.18. The topological polar surface area (TPSA) is 112 Å². The largest absolute Gasteiger partial charge is 0.492 e. The predicted octanol–water partition coefficient (Wildman–Crippen LogP) is 4.67. The molecule has 1 aromatic heterocycles. The summed E-state index contributed by atoms with van der Waals surface area (Å²) in [4.78, 5) is 37.7. The van der Waals surface area contributed by atoms with Gasteiger partial charge in [-0.25, -0.2) is 4.79 Å². The van der Waals surface area contributed by atoms with Crippen LogP contribution in [0.1, 0.15) is 30.6 Å². The Balaban J connectivity index is 1.54. The number of aryl methyl sites for hydroxylation is 1. The van der Waals surface area contributed by atoms with Gasteiger partial charge in [0.25, 0.3) is 5.91 Å². The highest BCUT2D eigenvalue weighted by Crippen LogP contribution is 2.37. The molecule has 0 unspecified atom stereocenters. The Labute approximate surface area is 207 Å². The fraction of sp³-hybridized carbons (Fsp3) is 0.222. The maximum atomic E-state index is 12.8. The van der Waals surface area contributed by atoms with Crippen LogP contribution in [0, 0.1) is 0 Å². The standard InChI is InChI=1S/C27H27N3O6/c1-3-34-23-17-20(29-26(32)18-10-6-5-7-11-18)24(35-4-2)16-19(23)28-25(31)14-15-30-21-12-8-9-13-22(21)36-27(30)33/h5-13,16-17H,3-4,14-15H2,1-2H3,(H,28,31)(H,29,32). The van der Waals surface area contributed by atoms with Crippen LogP contribution in [0.15, 0.2) is 75.9 Å². The predicted molar refractivity (Wildman–Crippen MR) is 137 cm³/mol. The molecule has 186 valence electrons. The summed E-state index contributed by atoms with van der Waals surface area (Å²) >= 11 is 0. The summed E-state index contributed by atoms with van der Waals surface area (Å²) in [7, 11) is 0. The van der Waals surface area contributed by atoms with Crippen molar-refractivity contribution >= 4 is 34.3 Å². The monoisotopic (exact) mass is 489 g/mol. The molecule has 0 aliphatic rings. The molecule has 0 fully saturated rings. The van der Waals surface area contributed by atoms with Crippen molar-refractivity contribution in [3.8, 4) is 11.5 Å². The van der Waals surface area contributed by atoms with Gasteiger partial charge >= 0.3 is 5.76 Å². The number of nitrogens with zero attached hydrogens (tertiary/aromatic N) is 1. The van der Waals surface area contributed by atoms with E-state index in [0.29, 0.717) is 52.8 Å². The van der Waals surface area contributed by atoms with Crippen molar-refractivity contribution in [3.63, 3.8) is 0 Å². The number of carbonyl (C=O) groups excluding carboxylic acids is 2. The number of para-hydroxylation sites is 2. The fourth-order valence-electron chi connectivity index (χ4n) is 3.74. The van der Waals surface area contributed by atoms with E-state index >= 15 is 0 Å². The third-order valence-electron chi connectivity index (χ3n) is 5.38. The van der Waals surface area contributed by atoms with Gasteiger partial charge in [0, 0.05) is 30.7 Å². The quantitative estimate of drug-likeness (QED) is 0.335. The Morgan fingerprint density at radius 1 is 0.861 bits per heavy atom. The molecule has 0 spiro atoms. The Morgan fingerprint density at radius 3 is 2.14 bits per heavy atom. The average Bonchev–Trinajstić information content (AvgIpc) is 3.20. The summed E-state index contributed by atoms with van der Waals surface area (Å²) in [5, 5.41) is 5.69. The van der Waals surface area contributed by atoms with Crippen molar-refractivity contribution in [2.75, 3.05) is 23.8 Å². The van der Waals surface area contributed by atoms with E-state index in [2.05, 4.69) is 10.6 Å². The Kier molecular flexibility index (Phi) is 7.69. The van der Waals surface area contributed by atoms with Gasteiger partial charge in [-0.2, -0.15) is 0 Å². The molecule has 0 aliphatic carbocycles. The van der Waals surface area contributed by atoms with Gasteiger partial charge in [0.15, 0.2) is 5.58 Å². The molecule has 1 heterocycles. The molecule has 0 saturated heterocycles. The molecule has 4 rings (SSSR count). The van der Waals surface area contributed by atoms with Gasteiger partial charge in [-0.1, -0.05) is 30.3 Å². The van der Waals surface area contributed by atoms with E-state index in [9.17, 15) is 14.4 Å². The molecule has 36 heavy (non-hydrogen) atoms. The summed E-state index contributed by atoms with van der Waals surface area (Å²) in [5.41, 5.74) is 2.41. The van der Waals surface area contributed by atoms with Gasteiger partial charge in [-0.05, 0) is 38.1 Å². The van der Waals surface area contributed by atoms with E-state index in [4.69, 9.17) is 13.9 Å². The van der Waals surface area contributed by atoms with Gasteiger partial charge in [0.1, 0.15) is 11.5 Å². The highest BCUT2D eigenvalue weighted by Gasteiger charge is 2.18. The van der Waals surface area contributed by atoms with Crippen LogP contribution in [-0.2, 0) is 11.3 Å². The fourth-order valence-corrected chi connectivity index (χ4v) is 3.74. The Morgan fingerprint density at radius 2 is 1.47 bits per heavy atom. The van der Waals surface area contributed by atoms with Gasteiger partial charge in [-0.3, -0.25) is 14.2 Å². The smallest absolute Gasteiger partial charge is 0.419 e.